The van der Waals surface area contributed by atoms with E-state index in [-0.39, 0.29) is 5.41 Å². The molecule has 2 aromatic rings. The molecule has 2 aromatic carbocycles. The molecule has 4 fully saturated rings. The highest BCUT2D eigenvalue weighted by Crippen LogP contribution is 2.67. The summed E-state index contributed by atoms with van der Waals surface area (Å²) in [7, 11) is -1.32. The zero-order valence-electron chi connectivity index (χ0n) is 23.6. The zero-order chi connectivity index (χ0) is 25.5. The fourth-order valence-electron chi connectivity index (χ4n) is 10.7. The SMILES string of the molecule is C=CC[Si](C)(C)C1CCC(C(c2ccccc2)(c2ccccc2)C2C3CCCCC3C3CCCCC32)C1. The van der Waals surface area contributed by atoms with Gasteiger partial charge in [-0.05, 0) is 96.7 Å². The highest BCUT2D eigenvalue weighted by Gasteiger charge is 2.62. The van der Waals surface area contributed by atoms with Gasteiger partial charge < -0.3 is 0 Å². The second kappa shape index (κ2) is 10.5. The fourth-order valence-corrected chi connectivity index (χ4v) is 13.6. The Balaban J connectivity index is 1.54. The van der Waals surface area contributed by atoms with Crippen LogP contribution in [0.4, 0.5) is 0 Å². The molecule has 0 bridgehead atoms. The number of benzene rings is 2. The molecule has 4 saturated carbocycles. The van der Waals surface area contributed by atoms with Crippen molar-refractivity contribution >= 4 is 8.07 Å². The van der Waals surface area contributed by atoms with E-state index >= 15 is 0 Å². The minimum atomic E-state index is -1.32. The fraction of sp³-hybridized carbons (Fsp3) is 0.611. The standard InChI is InChI=1S/C36H50Si/c1-4-25-37(2,3)30-24-23-29(26-30)36(27-15-7-5-8-16-27,28-17-9-6-10-18-28)35-33-21-13-11-19-31(33)32-20-12-14-22-34(32)35/h4-10,15-18,29-35H,1,11-14,19-26H2,2-3H3. The van der Waals surface area contributed by atoms with E-state index in [0.717, 1.165) is 41.0 Å². The van der Waals surface area contributed by atoms with E-state index in [9.17, 15) is 0 Å². The smallest absolute Gasteiger partial charge is 0.0542 e. The molecule has 4 aliphatic rings. The van der Waals surface area contributed by atoms with Crippen LogP contribution in [-0.2, 0) is 5.41 Å². The third-order valence-corrected chi connectivity index (χ3v) is 16.2. The van der Waals surface area contributed by atoms with Gasteiger partial charge in [-0.15, -0.1) is 6.58 Å². The first-order valence-corrected chi connectivity index (χ1v) is 19.1. The maximum Gasteiger partial charge on any atom is 0.0542 e. The topological polar surface area (TPSA) is 0 Å². The van der Waals surface area contributed by atoms with E-state index in [4.69, 9.17) is 0 Å². The van der Waals surface area contributed by atoms with Crippen LogP contribution in [0.5, 0.6) is 0 Å². The van der Waals surface area contributed by atoms with Crippen molar-refractivity contribution in [1.29, 1.82) is 0 Å². The molecule has 4 aliphatic carbocycles. The van der Waals surface area contributed by atoms with Crippen molar-refractivity contribution in [1.82, 2.24) is 0 Å². The van der Waals surface area contributed by atoms with Crippen LogP contribution in [0, 0.1) is 35.5 Å². The van der Waals surface area contributed by atoms with Crippen LogP contribution in [0.25, 0.3) is 0 Å². The molecular weight excluding hydrogens is 460 g/mol. The second-order valence-corrected chi connectivity index (χ2v) is 19.2. The molecule has 0 saturated heterocycles. The van der Waals surface area contributed by atoms with Crippen molar-refractivity contribution in [3.05, 3.63) is 84.4 Å². The lowest BCUT2D eigenvalue weighted by Crippen LogP contribution is -2.48. The van der Waals surface area contributed by atoms with Crippen molar-refractivity contribution in [2.24, 2.45) is 35.5 Å². The van der Waals surface area contributed by atoms with Gasteiger partial charge in [-0.25, -0.2) is 0 Å². The van der Waals surface area contributed by atoms with Gasteiger partial charge in [0.05, 0.1) is 8.07 Å². The summed E-state index contributed by atoms with van der Waals surface area (Å²) in [5, 5.41) is 0. The van der Waals surface area contributed by atoms with Gasteiger partial charge >= 0.3 is 0 Å². The van der Waals surface area contributed by atoms with Gasteiger partial charge in [0.2, 0.25) is 0 Å². The van der Waals surface area contributed by atoms with Crippen LogP contribution in [-0.4, -0.2) is 8.07 Å². The minimum Gasteiger partial charge on any atom is -0.103 e. The average molecular weight is 511 g/mol. The van der Waals surface area contributed by atoms with Gasteiger partial charge in [0.15, 0.2) is 0 Å². The molecule has 198 valence electrons. The third kappa shape index (κ3) is 4.32. The number of rotatable bonds is 7. The first-order chi connectivity index (χ1) is 18.1. The zero-order valence-corrected chi connectivity index (χ0v) is 24.6. The highest BCUT2D eigenvalue weighted by molar-refractivity contribution is 6.79. The molecule has 1 heteroatoms. The number of fused-ring (bicyclic) bond motifs is 3. The molecule has 37 heavy (non-hydrogen) atoms. The summed E-state index contributed by atoms with van der Waals surface area (Å²) in [6.07, 6.45) is 18.4. The number of hydrogen-bond donors (Lipinski definition) is 0. The lowest BCUT2D eigenvalue weighted by Gasteiger charge is -2.51. The van der Waals surface area contributed by atoms with E-state index < -0.39 is 8.07 Å². The van der Waals surface area contributed by atoms with Crippen molar-refractivity contribution < 1.29 is 0 Å². The third-order valence-electron chi connectivity index (χ3n) is 12.1. The number of hydrogen-bond acceptors (Lipinski definition) is 0. The van der Waals surface area contributed by atoms with Crippen LogP contribution < -0.4 is 0 Å². The summed E-state index contributed by atoms with van der Waals surface area (Å²) < 4.78 is 0. The largest absolute Gasteiger partial charge is 0.103 e. The molecular formula is C36H50Si. The van der Waals surface area contributed by atoms with Crippen LogP contribution in [0.1, 0.15) is 81.8 Å². The lowest BCUT2D eigenvalue weighted by molar-refractivity contribution is 0.0964. The van der Waals surface area contributed by atoms with Crippen molar-refractivity contribution in [2.45, 2.75) is 101 Å². The van der Waals surface area contributed by atoms with E-state index in [0.29, 0.717) is 0 Å². The Kier molecular flexibility index (Phi) is 7.29. The molecule has 0 aliphatic heterocycles. The van der Waals surface area contributed by atoms with Crippen molar-refractivity contribution in [3.8, 4) is 0 Å². The maximum atomic E-state index is 4.17. The molecule has 0 N–H and O–H groups in total. The van der Waals surface area contributed by atoms with Crippen LogP contribution >= 0.6 is 0 Å². The van der Waals surface area contributed by atoms with Gasteiger partial charge in [-0.2, -0.15) is 0 Å². The minimum absolute atomic E-state index is 0.160. The molecule has 0 radical (unpaired) electrons. The summed E-state index contributed by atoms with van der Waals surface area (Å²) in [6.45, 7) is 9.47. The molecule has 0 aromatic heterocycles. The Morgan fingerprint density at radius 3 is 1.68 bits per heavy atom. The lowest BCUT2D eigenvalue weighted by atomic mass is 9.52. The van der Waals surface area contributed by atoms with E-state index in [1.54, 1.807) is 11.1 Å². The Labute approximate surface area is 228 Å². The number of allylic oxidation sites excluding steroid dienone is 1. The molecule has 6 unspecified atom stereocenters. The Bertz CT molecular complexity index is 977. The summed E-state index contributed by atoms with van der Waals surface area (Å²) in [5.74, 6) is 5.37. The van der Waals surface area contributed by atoms with E-state index in [2.05, 4.69) is 86.4 Å². The Hall–Kier alpha value is -1.60. The molecule has 6 rings (SSSR count). The van der Waals surface area contributed by atoms with Gasteiger partial charge in [0.25, 0.3) is 0 Å². The summed E-state index contributed by atoms with van der Waals surface area (Å²) in [6, 6.07) is 25.3. The van der Waals surface area contributed by atoms with Crippen molar-refractivity contribution in [2.75, 3.05) is 0 Å². The van der Waals surface area contributed by atoms with Crippen LogP contribution in [0.2, 0.25) is 24.7 Å². The summed E-state index contributed by atoms with van der Waals surface area (Å²) in [5.41, 5.74) is 4.38. The van der Waals surface area contributed by atoms with Gasteiger partial charge in [0.1, 0.15) is 0 Å². The first kappa shape index (κ1) is 25.7. The predicted octanol–water partition coefficient (Wildman–Crippen LogP) is 10.3. The summed E-state index contributed by atoms with van der Waals surface area (Å²) in [4.78, 5) is 0. The maximum absolute atomic E-state index is 4.17. The van der Waals surface area contributed by atoms with Gasteiger partial charge in [-0.1, -0.05) is 112 Å². The molecule has 0 amide bonds. The Morgan fingerprint density at radius 1 is 0.703 bits per heavy atom. The summed E-state index contributed by atoms with van der Waals surface area (Å²) >= 11 is 0. The first-order valence-electron chi connectivity index (χ1n) is 15.8. The molecule has 0 heterocycles. The van der Waals surface area contributed by atoms with Gasteiger partial charge in [0, 0.05) is 5.41 Å². The van der Waals surface area contributed by atoms with Crippen LogP contribution in [0.15, 0.2) is 73.3 Å². The average Bonchev–Trinajstić information content (AvgIpc) is 3.56. The van der Waals surface area contributed by atoms with E-state index in [1.807, 2.05) is 0 Å². The molecule has 0 nitrogen and oxygen atoms in total. The quantitative estimate of drug-likeness (QED) is 0.257. The van der Waals surface area contributed by atoms with Gasteiger partial charge in [-0.3, -0.25) is 0 Å². The molecule has 6 atom stereocenters. The van der Waals surface area contributed by atoms with Crippen molar-refractivity contribution in [3.63, 3.8) is 0 Å². The Morgan fingerprint density at radius 2 is 1.19 bits per heavy atom. The second-order valence-electron chi connectivity index (χ2n) is 14.0. The highest BCUT2D eigenvalue weighted by atomic mass is 28.3. The van der Waals surface area contributed by atoms with Crippen LogP contribution in [0.3, 0.4) is 0 Å². The predicted molar refractivity (Wildman–Crippen MR) is 162 cm³/mol. The molecule has 0 spiro atoms. The normalized spacial score (nSPS) is 34.1. The van der Waals surface area contributed by atoms with E-state index in [1.165, 1.54) is 76.7 Å². The monoisotopic (exact) mass is 510 g/mol.